The van der Waals surface area contributed by atoms with Crippen LogP contribution >= 0.6 is 12.4 Å². The highest BCUT2D eigenvalue weighted by Gasteiger charge is 2.35. The smallest absolute Gasteiger partial charge is 0.227 e. The summed E-state index contributed by atoms with van der Waals surface area (Å²) >= 11 is 0. The van der Waals surface area contributed by atoms with Crippen LogP contribution in [0.4, 0.5) is 8.78 Å². The summed E-state index contributed by atoms with van der Waals surface area (Å²) in [5.74, 6) is -1.10. The van der Waals surface area contributed by atoms with E-state index in [0.29, 0.717) is 19.6 Å². The van der Waals surface area contributed by atoms with Crippen molar-refractivity contribution in [3.05, 3.63) is 71.3 Å². The molecule has 2 N–H and O–H groups in total. The molecule has 1 saturated heterocycles. The van der Waals surface area contributed by atoms with E-state index in [1.165, 1.54) is 12.1 Å². The van der Waals surface area contributed by atoms with E-state index in [1.807, 2.05) is 30.3 Å². The number of nitrogens with zero attached hydrogens (tertiary/aromatic N) is 1. The normalized spacial score (nSPS) is 19.6. The Hall–Kier alpha value is -1.98. The van der Waals surface area contributed by atoms with Gasteiger partial charge in [0.15, 0.2) is 0 Å². The topological polar surface area (TPSA) is 46.3 Å². The van der Waals surface area contributed by atoms with Crippen LogP contribution in [0.3, 0.4) is 0 Å². The lowest BCUT2D eigenvalue weighted by Gasteiger charge is -2.17. The molecule has 3 nitrogen and oxygen atoms in total. The fraction of sp³-hybridized carbons (Fsp3) is 0.316. The lowest BCUT2D eigenvalue weighted by atomic mass is 9.89. The zero-order valence-electron chi connectivity index (χ0n) is 13.7. The van der Waals surface area contributed by atoms with E-state index in [4.69, 9.17) is 5.73 Å². The Kier molecular flexibility index (Phi) is 6.51. The fourth-order valence-corrected chi connectivity index (χ4v) is 3.33. The Balaban J connectivity index is 0.00000225. The Labute approximate surface area is 152 Å². The van der Waals surface area contributed by atoms with Gasteiger partial charge in [0.2, 0.25) is 5.91 Å². The molecule has 1 fully saturated rings. The third kappa shape index (κ3) is 4.35. The van der Waals surface area contributed by atoms with Gasteiger partial charge in [-0.05, 0) is 29.7 Å². The molecular weight excluding hydrogens is 346 g/mol. The van der Waals surface area contributed by atoms with E-state index < -0.39 is 11.6 Å². The maximum absolute atomic E-state index is 13.8. The third-order valence-corrected chi connectivity index (χ3v) is 4.68. The van der Waals surface area contributed by atoms with Crippen LogP contribution in [0.1, 0.15) is 17.0 Å². The minimum atomic E-state index is -0.683. The van der Waals surface area contributed by atoms with E-state index in [9.17, 15) is 13.6 Å². The summed E-state index contributed by atoms with van der Waals surface area (Å²) in [5.41, 5.74) is 7.26. The standard InChI is InChI=1S/C19H20F2N2O.ClH/c20-16-7-6-14(18(21)9-16)8-19(24)23-11-15(10-22)17(12-23)13-4-2-1-3-5-13;/h1-7,9,15,17H,8,10-12,22H2;1H/t15-,17+;/m1./s1. The van der Waals surface area contributed by atoms with E-state index in [0.717, 1.165) is 11.6 Å². The Morgan fingerprint density at radius 3 is 2.48 bits per heavy atom. The van der Waals surface area contributed by atoms with Crippen LogP contribution in [-0.2, 0) is 11.2 Å². The van der Waals surface area contributed by atoms with Crippen molar-refractivity contribution in [1.82, 2.24) is 4.90 Å². The summed E-state index contributed by atoms with van der Waals surface area (Å²) in [6, 6.07) is 13.3. The van der Waals surface area contributed by atoms with Crippen molar-refractivity contribution >= 4 is 18.3 Å². The first-order valence-electron chi connectivity index (χ1n) is 8.05. The molecular formula is C19H21ClF2N2O. The predicted octanol–water partition coefficient (Wildman–Crippen LogP) is 3.13. The highest BCUT2D eigenvalue weighted by Crippen LogP contribution is 2.32. The van der Waals surface area contributed by atoms with Crippen molar-refractivity contribution in [2.24, 2.45) is 11.7 Å². The van der Waals surface area contributed by atoms with Gasteiger partial charge in [0.25, 0.3) is 0 Å². The molecule has 0 aliphatic carbocycles. The summed E-state index contributed by atoms with van der Waals surface area (Å²) < 4.78 is 26.7. The van der Waals surface area contributed by atoms with Crippen molar-refractivity contribution < 1.29 is 13.6 Å². The highest BCUT2D eigenvalue weighted by atomic mass is 35.5. The van der Waals surface area contributed by atoms with Crippen molar-refractivity contribution in [3.8, 4) is 0 Å². The summed E-state index contributed by atoms with van der Waals surface area (Å²) in [5, 5.41) is 0. The maximum Gasteiger partial charge on any atom is 0.227 e. The van der Waals surface area contributed by atoms with Gasteiger partial charge < -0.3 is 10.6 Å². The van der Waals surface area contributed by atoms with Crippen molar-refractivity contribution in [2.75, 3.05) is 19.6 Å². The zero-order valence-corrected chi connectivity index (χ0v) is 14.5. The average Bonchev–Trinajstić information content (AvgIpc) is 3.02. The van der Waals surface area contributed by atoms with Crippen molar-refractivity contribution in [1.29, 1.82) is 0 Å². The lowest BCUT2D eigenvalue weighted by molar-refractivity contribution is -0.129. The molecule has 1 amide bonds. The lowest BCUT2D eigenvalue weighted by Crippen LogP contribution is -2.31. The molecule has 0 bridgehead atoms. The van der Waals surface area contributed by atoms with Crippen LogP contribution in [0, 0.1) is 17.6 Å². The first kappa shape index (κ1) is 19.3. The second kappa shape index (κ2) is 8.41. The Bertz CT molecular complexity index is 727. The van der Waals surface area contributed by atoms with Gasteiger partial charge in [-0.15, -0.1) is 12.4 Å². The van der Waals surface area contributed by atoms with Crippen molar-refractivity contribution in [2.45, 2.75) is 12.3 Å². The van der Waals surface area contributed by atoms with Crippen LogP contribution < -0.4 is 5.73 Å². The molecule has 134 valence electrons. The molecule has 25 heavy (non-hydrogen) atoms. The van der Waals surface area contributed by atoms with Gasteiger partial charge in [0, 0.05) is 25.1 Å². The molecule has 1 heterocycles. The number of benzene rings is 2. The largest absolute Gasteiger partial charge is 0.341 e. The predicted molar refractivity (Wildman–Crippen MR) is 95.6 cm³/mol. The Morgan fingerprint density at radius 2 is 1.84 bits per heavy atom. The molecule has 0 unspecified atom stereocenters. The molecule has 2 aromatic rings. The van der Waals surface area contributed by atoms with E-state index in [-0.39, 0.29) is 42.1 Å². The molecule has 1 aliphatic rings. The van der Waals surface area contributed by atoms with Gasteiger partial charge in [-0.3, -0.25) is 4.79 Å². The summed E-state index contributed by atoms with van der Waals surface area (Å²) in [6.07, 6.45) is -0.0646. The molecule has 3 rings (SSSR count). The fourth-order valence-electron chi connectivity index (χ4n) is 3.33. The van der Waals surface area contributed by atoms with E-state index in [2.05, 4.69) is 0 Å². The second-order valence-electron chi connectivity index (χ2n) is 6.22. The van der Waals surface area contributed by atoms with Gasteiger partial charge in [-0.25, -0.2) is 8.78 Å². The van der Waals surface area contributed by atoms with E-state index in [1.54, 1.807) is 4.90 Å². The molecule has 0 saturated carbocycles. The number of carbonyl (C=O) groups is 1. The van der Waals surface area contributed by atoms with Gasteiger partial charge in [-0.2, -0.15) is 0 Å². The number of hydrogen-bond donors (Lipinski definition) is 1. The number of nitrogens with two attached hydrogens (primary N) is 1. The number of hydrogen-bond acceptors (Lipinski definition) is 2. The van der Waals surface area contributed by atoms with Crippen LogP contribution in [0.15, 0.2) is 48.5 Å². The molecule has 1 aliphatic heterocycles. The first-order chi connectivity index (χ1) is 11.6. The van der Waals surface area contributed by atoms with E-state index >= 15 is 0 Å². The molecule has 2 atom stereocenters. The third-order valence-electron chi connectivity index (χ3n) is 4.68. The first-order valence-corrected chi connectivity index (χ1v) is 8.05. The number of likely N-dealkylation sites (tertiary alicyclic amines) is 1. The monoisotopic (exact) mass is 366 g/mol. The summed E-state index contributed by atoms with van der Waals surface area (Å²) in [4.78, 5) is 14.2. The number of carbonyl (C=O) groups excluding carboxylic acids is 1. The quantitative estimate of drug-likeness (QED) is 0.903. The van der Waals surface area contributed by atoms with Crippen molar-refractivity contribution in [3.63, 3.8) is 0 Å². The molecule has 0 radical (unpaired) electrons. The maximum atomic E-state index is 13.8. The number of amides is 1. The van der Waals surface area contributed by atoms with Crippen LogP contribution in [-0.4, -0.2) is 30.4 Å². The van der Waals surface area contributed by atoms with Crippen LogP contribution in [0.5, 0.6) is 0 Å². The van der Waals surface area contributed by atoms with Gasteiger partial charge in [0.05, 0.1) is 6.42 Å². The minimum Gasteiger partial charge on any atom is -0.341 e. The molecule has 2 aromatic carbocycles. The summed E-state index contributed by atoms with van der Waals surface area (Å²) in [6.45, 7) is 1.64. The molecule has 0 spiro atoms. The van der Waals surface area contributed by atoms with Gasteiger partial charge in [-0.1, -0.05) is 36.4 Å². The number of rotatable bonds is 4. The number of halogens is 3. The van der Waals surface area contributed by atoms with Gasteiger partial charge >= 0.3 is 0 Å². The molecule has 6 heteroatoms. The molecule has 0 aromatic heterocycles. The average molecular weight is 367 g/mol. The highest BCUT2D eigenvalue weighted by molar-refractivity contribution is 5.85. The summed E-state index contributed by atoms with van der Waals surface area (Å²) in [7, 11) is 0. The zero-order chi connectivity index (χ0) is 17.1. The Morgan fingerprint density at radius 1 is 1.12 bits per heavy atom. The van der Waals surface area contributed by atoms with Crippen LogP contribution in [0.25, 0.3) is 0 Å². The SMILES string of the molecule is Cl.NC[C@@H]1CN(C(=O)Cc2ccc(F)cc2F)C[C@H]1c1ccccc1. The van der Waals surface area contributed by atoms with Crippen LogP contribution in [0.2, 0.25) is 0 Å². The minimum absolute atomic E-state index is 0. The van der Waals surface area contributed by atoms with Gasteiger partial charge in [0.1, 0.15) is 11.6 Å². The second-order valence-corrected chi connectivity index (χ2v) is 6.22.